The van der Waals surface area contributed by atoms with Crippen molar-refractivity contribution in [2.45, 2.75) is 19.9 Å². The third kappa shape index (κ3) is 3.62. The molecule has 0 spiro atoms. The molecule has 2 unspecified atom stereocenters. The van der Waals surface area contributed by atoms with Crippen LogP contribution in [0.15, 0.2) is 35.5 Å². The van der Waals surface area contributed by atoms with Crippen molar-refractivity contribution in [3.05, 3.63) is 40.6 Å². The van der Waals surface area contributed by atoms with Gasteiger partial charge in [0.1, 0.15) is 0 Å². The van der Waals surface area contributed by atoms with E-state index in [4.69, 9.17) is 11.6 Å². The monoisotopic (exact) mass is 307 g/mol. The van der Waals surface area contributed by atoms with Crippen molar-refractivity contribution in [2.24, 2.45) is 5.92 Å². The molecule has 1 aromatic carbocycles. The number of nitrogens with one attached hydrogen (secondary N) is 3. The van der Waals surface area contributed by atoms with E-state index in [2.05, 4.69) is 16.2 Å². The van der Waals surface area contributed by atoms with Crippen molar-refractivity contribution in [2.75, 3.05) is 12.0 Å². The van der Waals surface area contributed by atoms with Crippen LogP contribution in [0.4, 0.5) is 5.69 Å². The summed E-state index contributed by atoms with van der Waals surface area (Å²) >= 11 is 5.83. The van der Waals surface area contributed by atoms with Gasteiger partial charge in [-0.25, -0.2) is 0 Å². The van der Waals surface area contributed by atoms with Gasteiger partial charge in [0.15, 0.2) is 6.29 Å². The van der Waals surface area contributed by atoms with Gasteiger partial charge >= 0.3 is 0 Å². The van der Waals surface area contributed by atoms with Crippen LogP contribution >= 0.6 is 11.6 Å². The first-order chi connectivity index (χ1) is 10.0. The fourth-order valence-electron chi connectivity index (χ4n) is 2.44. The van der Waals surface area contributed by atoms with Crippen molar-refractivity contribution in [3.8, 4) is 0 Å². The van der Waals surface area contributed by atoms with Gasteiger partial charge in [-0.2, -0.15) is 0 Å². The Morgan fingerprint density at radius 2 is 2.05 bits per heavy atom. The number of ketones is 1. The Balaban J connectivity index is 2.09. The maximum Gasteiger partial charge on any atom is 0.203 e. The minimum Gasteiger partial charge on any atom is -0.309 e. The topological polar surface area (TPSA) is 70.2 Å². The number of hydrogen-bond donors (Lipinski definition) is 3. The van der Waals surface area contributed by atoms with Crippen LogP contribution in [0.25, 0.3) is 0 Å². The summed E-state index contributed by atoms with van der Waals surface area (Å²) in [7, 11) is 0. The number of carbonyl (C=O) groups excluding carboxylic acids is 2. The fourth-order valence-corrected chi connectivity index (χ4v) is 2.56. The first-order valence-corrected chi connectivity index (χ1v) is 7.10. The van der Waals surface area contributed by atoms with Crippen molar-refractivity contribution >= 4 is 29.4 Å². The molecule has 3 N–H and O–H groups in total. The number of benzene rings is 1. The van der Waals surface area contributed by atoms with Gasteiger partial charge in [-0.15, -0.1) is 0 Å². The van der Waals surface area contributed by atoms with E-state index in [1.807, 2.05) is 26.0 Å². The van der Waals surface area contributed by atoms with E-state index >= 15 is 0 Å². The minimum atomic E-state index is -0.401. The molecule has 1 heterocycles. The van der Waals surface area contributed by atoms with Gasteiger partial charge < -0.3 is 16.2 Å². The number of hydrogen-bond acceptors (Lipinski definition) is 5. The predicted octanol–water partition coefficient (Wildman–Crippen LogP) is 1.91. The molecule has 0 aromatic heterocycles. The summed E-state index contributed by atoms with van der Waals surface area (Å²) in [6, 6.07) is 7.22. The molecule has 112 valence electrons. The molecular weight excluding hydrogens is 290 g/mol. The van der Waals surface area contributed by atoms with Crippen LogP contribution in [-0.2, 0) is 9.59 Å². The average Bonchev–Trinajstić information content (AvgIpc) is 2.87. The zero-order chi connectivity index (χ0) is 15.4. The van der Waals surface area contributed by atoms with Crippen molar-refractivity contribution in [3.63, 3.8) is 0 Å². The Bertz CT molecular complexity index is 569. The Morgan fingerprint density at radius 1 is 1.38 bits per heavy atom. The Kier molecular flexibility index (Phi) is 4.98. The van der Waals surface area contributed by atoms with Crippen molar-refractivity contribution < 1.29 is 9.59 Å². The minimum absolute atomic E-state index is 0.0371. The lowest BCUT2D eigenvalue weighted by Crippen LogP contribution is -2.30. The van der Waals surface area contributed by atoms with Gasteiger partial charge in [-0.1, -0.05) is 11.6 Å². The molecule has 1 fully saturated rings. The number of halogens is 1. The third-order valence-corrected chi connectivity index (χ3v) is 3.88. The van der Waals surface area contributed by atoms with Crippen LogP contribution in [0, 0.1) is 5.92 Å². The number of aldehydes is 1. The van der Waals surface area contributed by atoms with Crippen LogP contribution in [0.3, 0.4) is 0 Å². The van der Waals surface area contributed by atoms with Gasteiger partial charge in [0.2, 0.25) is 5.78 Å². The highest BCUT2D eigenvalue weighted by atomic mass is 35.5. The molecule has 0 amide bonds. The molecular formula is C15H18ClN3O2. The van der Waals surface area contributed by atoms with Crippen LogP contribution in [0.5, 0.6) is 0 Å². The highest BCUT2D eigenvalue weighted by molar-refractivity contribution is 6.30. The smallest absolute Gasteiger partial charge is 0.203 e. The second-order valence-corrected chi connectivity index (χ2v) is 5.51. The van der Waals surface area contributed by atoms with Crippen LogP contribution in [-0.4, -0.2) is 24.7 Å². The second kappa shape index (κ2) is 6.74. The molecule has 0 bridgehead atoms. The van der Waals surface area contributed by atoms with Gasteiger partial charge in [-0.05, 0) is 43.7 Å². The quantitative estimate of drug-likeness (QED) is 0.440. The first kappa shape index (κ1) is 15.5. The summed E-state index contributed by atoms with van der Waals surface area (Å²) in [4.78, 5) is 22.5. The van der Waals surface area contributed by atoms with E-state index < -0.39 is 11.7 Å². The first-order valence-electron chi connectivity index (χ1n) is 6.72. The number of Topliss-reactive ketones (excluding diaryl/α,β-unsaturated/α-hetero) is 1. The number of rotatable bonds is 5. The van der Waals surface area contributed by atoms with E-state index in [9.17, 15) is 9.59 Å². The number of carbonyl (C=O) groups is 2. The van der Waals surface area contributed by atoms with E-state index in [0.29, 0.717) is 17.9 Å². The number of hydrazine groups is 1. The van der Waals surface area contributed by atoms with E-state index in [1.54, 1.807) is 12.1 Å². The van der Waals surface area contributed by atoms with E-state index in [0.717, 1.165) is 17.0 Å². The molecule has 1 aliphatic rings. The predicted molar refractivity (Wildman–Crippen MR) is 82.9 cm³/mol. The summed E-state index contributed by atoms with van der Waals surface area (Å²) in [6.07, 6.45) is 0.397. The maximum absolute atomic E-state index is 11.7. The zero-order valence-corrected chi connectivity index (χ0v) is 12.7. The Labute approximate surface area is 128 Å². The molecule has 1 saturated heterocycles. The summed E-state index contributed by atoms with van der Waals surface area (Å²) < 4.78 is 0. The largest absolute Gasteiger partial charge is 0.309 e. The molecule has 0 aliphatic carbocycles. The molecule has 5 nitrogen and oxygen atoms in total. The molecule has 1 aliphatic heterocycles. The van der Waals surface area contributed by atoms with Crippen LogP contribution in [0.1, 0.15) is 13.8 Å². The Hall–Kier alpha value is -1.85. The highest BCUT2D eigenvalue weighted by Crippen LogP contribution is 2.24. The SMILES string of the molecule is CC(NNc1ccc(Cl)cc1)=C1CNC(C)C1C(=O)C=O. The molecule has 2 rings (SSSR count). The second-order valence-electron chi connectivity index (χ2n) is 5.07. The summed E-state index contributed by atoms with van der Waals surface area (Å²) in [5.74, 6) is -0.794. The number of allylic oxidation sites excluding steroid dienone is 1. The molecule has 0 saturated carbocycles. The summed E-state index contributed by atoms with van der Waals surface area (Å²) in [6.45, 7) is 4.37. The molecule has 6 heteroatoms. The standard InChI is InChI=1S/C15H18ClN3O2/c1-9(18-19-12-5-3-11(16)4-6-12)13-7-17-10(2)15(13)14(21)8-20/h3-6,8,10,15,17-19H,7H2,1-2H3. The average molecular weight is 308 g/mol. The fraction of sp³-hybridized carbons (Fsp3) is 0.333. The lowest BCUT2D eigenvalue weighted by atomic mass is 9.92. The van der Waals surface area contributed by atoms with Crippen LogP contribution in [0.2, 0.25) is 5.02 Å². The lowest BCUT2D eigenvalue weighted by molar-refractivity contribution is -0.131. The Morgan fingerprint density at radius 3 is 2.67 bits per heavy atom. The molecule has 1 aromatic rings. The maximum atomic E-state index is 11.7. The molecule has 2 atom stereocenters. The number of anilines is 1. The lowest BCUT2D eigenvalue weighted by Gasteiger charge is -2.17. The van der Waals surface area contributed by atoms with Gasteiger partial charge in [-0.3, -0.25) is 9.59 Å². The van der Waals surface area contributed by atoms with Crippen molar-refractivity contribution in [1.29, 1.82) is 0 Å². The zero-order valence-electron chi connectivity index (χ0n) is 11.9. The summed E-state index contributed by atoms with van der Waals surface area (Å²) in [5, 5.41) is 3.87. The summed E-state index contributed by atoms with van der Waals surface area (Å²) in [5.41, 5.74) is 8.71. The highest BCUT2D eigenvalue weighted by Gasteiger charge is 2.34. The third-order valence-electron chi connectivity index (χ3n) is 3.63. The van der Waals surface area contributed by atoms with E-state index in [1.165, 1.54) is 0 Å². The molecule has 21 heavy (non-hydrogen) atoms. The van der Waals surface area contributed by atoms with Crippen molar-refractivity contribution in [1.82, 2.24) is 10.7 Å². The van der Waals surface area contributed by atoms with Gasteiger partial charge in [0.05, 0.1) is 11.6 Å². The van der Waals surface area contributed by atoms with Crippen LogP contribution < -0.4 is 16.2 Å². The van der Waals surface area contributed by atoms with Gasteiger partial charge in [0, 0.05) is 23.3 Å². The normalized spacial score (nSPS) is 23.6. The molecule has 0 radical (unpaired) electrons. The van der Waals surface area contributed by atoms with E-state index in [-0.39, 0.29) is 6.04 Å². The van der Waals surface area contributed by atoms with Gasteiger partial charge in [0.25, 0.3) is 0 Å².